The van der Waals surface area contributed by atoms with E-state index in [1.165, 1.54) is 4.90 Å². The van der Waals surface area contributed by atoms with Crippen LogP contribution in [0.25, 0.3) is 0 Å². The summed E-state index contributed by atoms with van der Waals surface area (Å²) >= 11 is 0. The Balaban J connectivity index is 1.88. The number of nitrogens with one attached hydrogen (secondary N) is 1. The van der Waals surface area contributed by atoms with Gasteiger partial charge in [0.1, 0.15) is 11.6 Å². The maximum atomic E-state index is 14.5. The van der Waals surface area contributed by atoms with Crippen molar-refractivity contribution in [1.29, 1.82) is 0 Å². The molecule has 0 atom stereocenters. The number of halogens is 2. The Morgan fingerprint density at radius 3 is 2.32 bits per heavy atom. The fourth-order valence-corrected chi connectivity index (χ4v) is 3.47. The summed E-state index contributed by atoms with van der Waals surface area (Å²) in [5, 5.41) is 2.87. The molecule has 0 aliphatic heterocycles. The molecule has 0 radical (unpaired) electrons. The van der Waals surface area contributed by atoms with Crippen molar-refractivity contribution in [3.05, 3.63) is 101 Å². The first-order valence-electron chi connectivity index (χ1n) is 11.1. The van der Waals surface area contributed by atoms with E-state index in [-0.39, 0.29) is 24.4 Å². The number of carbonyl (C=O) groups excluding carboxylic acids is 2. The summed E-state index contributed by atoms with van der Waals surface area (Å²) in [5.74, 6) is -2.39. The SMILES string of the molecule is Cc1ccc(CN(C(=O)c2ccc(F)cc2F)c2cccc(CC(=O)NCCN(C)C)c2)cc1. The van der Waals surface area contributed by atoms with Crippen molar-refractivity contribution in [1.82, 2.24) is 10.2 Å². The summed E-state index contributed by atoms with van der Waals surface area (Å²) < 4.78 is 27.9. The number of aryl methyl sites for hydroxylation is 1. The second-order valence-corrected chi connectivity index (χ2v) is 8.50. The quantitative estimate of drug-likeness (QED) is 0.512. The zero-order chi connectivity index (χ0) is 24.7. The first-order valence-corrected chi connectivity index (χ1v) is 11.1. The van der Waals surface area contributed by atoms with Crippen LogP contribution in [0.4, 0.5) is 14.5 Å². The molecule has 7 heteroatoms. The van der Waals surface area contributed by atoms with Crippen LogP contribution < -0.4 is 10.2 Å². The Kier molecular flexibility index (Phi) is 8.49. The number of likely N-dealkylation sites (N-methyl/N-ethyl adjacent to an activating group) is 1. The highest BCUT2D eigenvalue weighted by molar-refractivity contribution is 6.06. The molecule has 34 heavy (non-hydrogen) atoms. The molecule has 0 heterocycles. The van der Waals surface area contributed by atoms with Gasteiger partial charge in [0.15, 0.2) is 0 Å². The van der Waals surface area contributed by atoms with E-state index in [4.69, 9.17) is 0 Å². The lowest BCUT2D eigenvalue weighted by Crippen LogP contribution is -2.32. The molecular weight excluding hydrogens is 436 g/mol. The summed E-state index contributed by atoms with van der Waals surface area (Å²) in [6, 6.07) is 17.6. The van der Waals surface area contributed by atoms with Crippen molar-refractivity contribution in [3.8, 4) is 0 Å². The first-order chi connectivity index (χ1) is 16.2. The highest BCUT2D eigenvalue weighted by atomic mass is 19.1. The molecule has 178 valence electrons. The van der Waals surface area contributed by atoms with Gasteiger partial charge in [-0.25, -0.2) is 8.78 Å². The number of hydrogen-bond acceptors (Lipinski definition) is 3. The van der Waals surface area contributed by atoms with Crippen LogP contribution in [0.1, 0.15) is 27.0 Å². The van der Waals surface area contributed by atoms with Gasteiger partial charge in [0.25, 0.3) is 5.91 Å². The minimum Gasteiger partial charge on any atom is -0.355 e. The molecule has 0 aliphatic rings. The lowest BCUT2D eigenvalue weighted by molar-refractivity contribution is -0.120. The Bertz CT molecular complexity index is 1150. The summed E-state index contributed by atoms with van der Waals surface area (Å²) in [6.45, 7) is 3.42. The van der Waals surface area contributed by atoms with Crippen molar-refractivity contribution < 1.29 is 18.4 Å². The average molecular weight is 466 g/mol. The van der Waals surface area contributed by atoms with Gasteiger partial charge in [-0.2, -0.15) is 0 Å². The van der Waals surface area contributed by atoms with Crippen molar-refractivity contribution in [3.63, 3.8) is 0 Å². The highest BCUT2D eigenvalue weighted by Gasteiger charge is 2.22. The number of hydrogen-bond donors (Lipinski definition) is 1. The van der Waals surface area contributed by atoms with Crippen molar-refractivity contribution >= 4 is 17.5 Å². The molecule has 0 aliphatic carbocycles. The summed E-state index contributed by atoms with van der Waals surface area (Å²) in [5.41, 5.74) is 2.95. The fraction of sp³-hybridized carbons (Fsp3) is 0.259. The van der Waals surface area contributed by atoms with Gasteiger partial charge in [0.2, 0.25) is 5.91 Å². The van der Waals surface area contributed by atoms with Gasteiger partial charge in [-0.1, -0.05) is 42.0 Å². The van der Waals surface area contributed by atoms with E-state index in [9.17, 15) is 18.4 Å². The molecule has 0 aromatic heterocycles. The summed E-state index contributed by atoms with van der Waals surface area (Å²) in [7, 11) is 3.86. The molecular formula is C27H29F2N3O2. The van der Waals surface area contributed by atoms with E-state index in [1.807, 2.05) is 56.3 Å². The molecule has 0 unspecified atom stereocenters. The lowest BCUT2D eigenvalue weighted by atomic mass is 10.1. The Morgan fingerprint density at radius 2 is 1.65 bits per heavy atom. The molecule has 3 rings (SSSR count). The second-order valence-electron chi connectivity index (χ2n) is 8.50. The number of nitrogens with zero attached hydrogens (tertiary/aromatic N) is 2. The molecule has 2 amide bonds. The van der Waals surface area contributed by atoms with Gasteiger partial charge in [-0.3, -0.25) is 9.59 Å². The average Bonchev–Trinajstić information content (AvgIpc) is 2.78. The molecule has 3 aromatic rings. The van der Waals surface area contributed by atoms with Gasteiger partial charge >= 0.3 is 0 Å². The van der Waals surface area contributed by atoms with Crippen LogP contribution in [0.5, 0.6) is 0 Å². The topological polar surface area (TPSA) is 52.7 Å². The molecule has 0 fully saturated rings. The van der Waals surface area contributed by atoms with Crippen LogP contribution in [0, 0.1) is 18.6 Å². The van der Waals surface area contributed by atoms with Crippen molar-refractivity contribution in [2.45, 2.75) is 19.9 Å². The molecule has 0 bridgehead atoms. The van der Waals surface area contributed by atoms with Gasteiger partial charge in [-0.05, 0) is 56.4 Å². The van der Waals surface area contributed by atoms with E-state index in [1.54, 1.807) is 18.2 Å². The van der Waals surface area contributed by atoms with Crippen LogP contribution in [0.3, 0.4) is 0 Å². The fourth-order valence-electron chi connectivity index (χ4n) is 3.47. The van der Waals surface area contributed by atoms with Gasteiger partial charge in [0, 0.05) is 24.8 Å². The number of rotatable bonds is 9. The van der Waals surface area contributed by atoms with Crippen molar-refractivity contribution in [2.75, 3.05) is 32.1 Å². The second kappa shape index (κ2) is 11.5. The van der Waals surface area contributed by atoms with Gasteiger partial charge in [0.05, 0.1) is 18.5 Å². The zero-order valence-electron chi connectivity index (χ0n) is 19.6. The molecule has 3 aromatic carbocycles. The lowest BCUT2D eigenvalue weighted by Gasteiger charge is -2.24. The summed E-state index contributed by atoms with van der Waals surface area (Å²) in [4.78, 5) is 29.1. The molecule has 0 spiro atoms. The maximum absolute atomic E-state index is 14.5. The van der Waals surface area contributed by atoms with Gasteiger partial charge < -0.3 is 15.1 Å². The smallest absolute Gasteiger partial charge is 0.261 e. The van der Waals surface area contributed by atoms with Crippen LogP contribution in [-0.2, 0) is 17.8 Å². The standard InChI is InChI=1S/C27H29F2N3O2/c1-19-7-9-20(10-8-19)18-32(27(34)24-12-11-22(28)17-25(24)29)23-6-4-5-21(15-23)16-26(33)30-13-14-31(2)3/h4-12,15,17H,13-14,16,18H2,1-3H3,(H,30,33). The van der Waals surface area contributed by atoms with Crippen molar-refractivity contribution in [2.24, 2.45) is 0 Å². The zero-order valence-corrected chi connectivity index (χ0v) is 19.6. The first kappa shape index (κ1) is 25.1. The third-order valence-electron chi connectivity index (χ3n) is 5.34. The monoisotopic (exact) mass is 465 g/mol. The Labute approximate surface area is 199 Å². The largest absolute Gasteiger partial charge is 0.355 e. The molecule has 5 nitrogen and oxygen atoms in total. The third-order valence-corrected chi connectivity index (χ3v) is 5.34. The van der Waals surface area contributed by atoms with Crippen LogP contribution in [-0.4, -0.2) is 43.9 Å². The van der Waals surface area contributed by atoms with E-state index < -0.39 is 17.5 Å². The minimum atomic E-state index is -0.921. The van der Waals surface area contributed by atoms with E-state index in [2.05, 4.69) is 5.32 Å². The van der Waals surface area contributed by atoms with Crippen LogP contribution >= 0.6 is 0 Å². The number of anilines is 1. The number of carbonyl (C=O) groups is 2. The van der Waals surface area contributed by atoms with Gasteiger partial charge in [-0.15, -0.1) is 0 Å². The maximum Gasteiger partial charge on any atom is 0.261 e. The van der Waals surface area contributed by atoms with E-state index in [0.717, 1.165) is 35.4 Å². The highest BCUT2D eigenvalue weighted by Crippen LogP contribution is 2.23. The summed E-state index contributed by atoms with van der Waals surface area (Å²) in [6.07, 6.45) is 0.152. The Morgan fingerprint density at radius 1 is 0.912 bits per heavy atom. The molecule has 0 saturated carbocycles. The number of benzene rings is 3. The minimum absolute atomic E-state index is 0.125. The molecule has 1 N–H and O–H groups in total. The molecule has 0 saturated heterocycles. The van der Waals surface area contributed by atoms with E-state index >= 15 is 0 Å². The van der Waals surface area contributed by atoms with Crippen LogP contribution in [0.2, 0.25) is 0 Å². The third kappa shape index (κ3) is 6.96. The number of amides is 2. The predicted molar refractivity (Wildman–Crippen MR) is 130 cm³/mol. The van der Waals surface area contributed by atoms with E-state index in [0.29, 0.717) is 18.3 Å². The Hall–Kier alpha value is -3.58. The predicted octanol–water partition coefficient (Wildman–Crippen LogP) is 4.34. The van der Waals surface area contributed by atoms with Crippen LogP contribution in [0.15, 0.2) is 66.7 Å². The normalized spacial score (nSPS) is 10.9.